The molecule has 9 nitrogen and oxygen atoms in total. The number of carbonyl (C=O) groups is 1. The second-order valence-electron chi connectivity index (χ2n) is 8.88. The summed E-state index contributed by atoms with van der Waals surface area (Å²) >= 11 is 0. The number of nitrogens with one attached hydrogen (secondary N) is 3. The molecule has 0 aromatic carbocycles. The molecule has 1 aliphatic carbocycles. The Morgan fingerprint density at radius 2 is 2.09 bits per heavy atom. The lowest BCUT2D eigenvalue weighted by Crippen LogP contribution is -2.59. The summed E-state index contributed by atoms with van der Waals surface area (Å²) in [5.41, 5.74) is 3.04. The molecule has 5 rings (SSSR count). The number of carbonyl (C=O) groups excluding carboxylic acids is 1. The summed E-state index contributed by atoms with van der Waals surface area (Å²) in [7, 11) is 0. The summed E-state index contributed by atoms with van der Waals surface area (Å²) < 4.78 is 27.5. The molecule has 0 aliphatic heterocycles. The van der Waals surface area contributed by atoms with Crippen LogP contribution in [0.5, 0.6) is 0 Å². The number of hydrogen-bond donors (Lipinski definition) is 3. The van der Waals surface area contributed by atoms with Gasteiger partial charge in [0.2, 0.25) is 11.9 Å². The van der Waals surface area contributed by atoms with Crippen molar-refractivity contribution in [1.29, 1.82) is 0 Å². The van der Waals surface area contributed by atoms with E-state index in [1.165, 1.54) is 11.5 Å². The highest BCUT2D eigenvalue weighted by Gasteiger charge is 2.41. The first-order valence-electron chi connectivity index (χ1n) is 10.7. The lowest BCUT2D eigenvalue weighted by atomic mass is 9.74. The lowest BCUT2D eigenvalue weighted by molar-refractivity contribution is -0.121. The maximum atomic E-state index is 13.0. The number of aromatic nitrogens is 6. The van der Waals surface area contributed by atoms with Crippen LogP contribution in [-0.2, 0) is 11.3 Å². The van der Waals surface area contributed by atoms with Gasteiger partial charge < -0.3 is 20.2 Å². The molecule has 0 radical (unpaired) electrons. The molecule has 0 spiro atoms. The van der Waals surface area contributed by atoms with Crippen LogP contribution in [-0.4, -0.2) is 53.4 Å². The number of hydrogen-bond acceptors (Lipinski definition) is 6. The third kappa shape index (κ3) is 3.98. The summed E-state index contributed by atoms with van der Waals surface area (Å²) in [5.74, 6) is 0.969. The van der Waals surface area contributed by atoms with Crippen LogP contribution in [0.2, 0.25) is 0 Å². The summed E-state index contributed by atoms with van der Waals surface area (Å²) in [6.07, 6.45) is 4.32. The number of imidazole rings is 1. The summed E-state index contributed by atoms with van der Waals surface area (Å²) in [5, 5.41) is 7.08. The standard InChI is InChI=1S/C22H24F2N8O/c1-11-28-20-17(32(11)10-18(23)24)4-13(7-25-20)15-8-26-19-16(15)9-27-21(30-19)29-14-5-22(3,6-14)31-12(2)33/h4,7-9,14,18H,5-6,10H2,1-3H3,(H,31,33)(H2,26,27,29,30)/t14-,22+. The molecule has 1 fully saturated rings. The third-order valence-corrected chi connectivity index (χ3v) is 6.06. The molecule has 0 bridgehead atoms. The van der Waals surface area contributed by atoms with Gasteiger partial charge in [0, 0.05) is 53.6 Å². The smallest absolute Gasteiger partial charge is 0.256 e. The quantitative estimate of drug-likeness (QED) is 0.412. The number of H-pyrrole nitrogens is 1. The minimum Gasteiger partial charge on any atom is -0.351 e. The Morgan fingerprint density at radius 3 is 2.82 bits per heavy atom. The van der Waals surface area contributed by atoms with Crippen molar-refractivity contribution < 1.29 is 13.6 Å². The Balaban J connectivity index is 1.39. The molecule has 0 saturated heterocycles. The molecular weight excluding hydrogens is 430 g/mol. The fraction of sp³-hybridized carbons (Fsp3) is 0.409. The van der Waals surface area contributed by atoms with Crippen LogP contribution < -0.4 is 10.6 Å². The van der Waals surface area contributed by atoms with E-state index in [2.05, 4.69) is 35.6 Å². The minimum atomic E-state index is -2.48. The zero-order chi connectivity index (χ0) is 23.3. The Morgan fingerprint density at radius 1 is 1.30 bits per heavy atom. The molecule has 11 heteroatoms. The summed E-state index contributed by atoms with van der Waals surface area (Å²) in [6, 6.07) is 2.00. The van der Waals surface area contributed by atoms with E-state index in [4.69, 9.17) is 0 Å². The highest BCUT2D eigenvalue weighted by Crippen LogP contribution is 2.34. The van der Waals surface area contributed by atoms with Crippen molar-refractivity contribution in [2.75, 3.05) is 5.32 Å². The number of fused-ring (bicyclic) bond motifs is 2. The number of aromatic amines is 1. The number of aryl methyl sites for hydroxylation is 1. The number of nitrogens with zero attached hydrogens (tertiary/aromatic N) is 5. The number of anilines is 1. The fourth-order valence-electron chi connectivity index (χ4n) is 4.69. The van der Waals surface area contributed by atoms with Crippen LogP contribution in [0, 0.1) is 6.92 Å². The number of pyridine rings is 1. The fourth-order valence-corrected chi connectivity index (χ4v) is 4.69. The van der Waals surface area contributed by atoms with Crippen LogP contribution >= 0.6 is 0 Å². The van der Waals surface area contributed by atoms with Crippen LogP contribution in [0.4, 0.5) is 14.7 Å². The van der Waals surface area contributed by atoms with Gasteiger partial charge in [0.15, 0.2) is 5.65 Å². The van der Waals surface area contributed by atoms with Crippen LogP contribution in [0.1, 0.15) is 32.5 Å². The van der Waals surface area contributed by atoms with Crippen molar-refractivity contribution in [2.24, 2.45) is 0 Å². The first-order chi connectivity index (χ1) is 15.7. The number of rotatable bonds is 6. The first-order valence-corrected chi connectivity index (χ1v) is 10.7. The van der Waals surface area contributed by atoms with E-state index in [1.807, 2.05) is 19.2 Å². The zero-order valence-corrected chi connectivity index (χ0v) is 18.5. The van der Waals surface area contributed by atoms with E-state index in [0.717, 1.165) is 29.4 Å². The van der Waals surface area contributed by atoms with Gasteiger partial charge >= 0.3 is 0 Å². The molecule has 3 N–H and O–H groups in total. The summed E-state index contributed by atoms with van der Waals surface area (Å²) in [6.45, 7) is 4.81. The minimum absolute atomic E-state index is 0.0346. The molecule has 172 valence electrons. The zero-order valence-electron chi connectivity index (χ0n) is 18.5. The van der Waals surface area contributed by atoms with E-state index >= 15 is 0 Å². The van der Waals surface area contributed by atoms with Crippen molar-refractivity contribution in [3.05, 3.63) is 30.5 Å². The lowest BCUT2D eigenvalue weighted by Gasteiger charge is -2.45. The molecule has 33 heavy (non-hydrogen) atoms. The van der Waals surface area contributed by atoms with E-state index in [1.54, 1.807) is 19.3 Å². The van der Waals surface area contributed by atoms with Crippen molar-refractivity contribution in [3.63, 3.8) is 0 Å². The first kappa shape index (κ1) is 21.2. The highest BCUT2D eigenvalue weighted by molar-refractivity contribution is 5.95. The van der Waals surface area contributed by atoms with Gasteiger partial charge in [-0.25, -0.2) is 23.7 Å². The van der Waals surface area contributed by atoms with Gasteiger partial charge in [-0.05, 0) is 32.8 Å². The molecule has 4 aromatic heterocycles. The second kappa shape index (κ2) is 7.75. The Labute approximate surface area is 188 Å². The molecule has 0 unspecified atom stereocenters. The maximum Gasteiger partial charge on any atom is 0.256 e. The predicted octanol–water partition coefficient (Wildman–Crippen LogP) is 3.41. The van der Waals surface area contributed by atoms with Crippen molar-refractivity contribution in [2.45, 2.75) is 58.2 Å². The van der Waals surface area contributed by atoms with Gasteiger partial charge in [-0.3, -0.25) is 4.79 Å². The molecule has 1 saturated carbocycles. The molecule has 4 aromatic rings. The molecule has 1 amide bonds. The van der Waals surface area contributed by atoms with E-state index in [-0.39, 0.29) is 17.5 Å². The van der Waals surface area contributed by atoms with Gasteiger partial charge in [0.05, 0.1) is 12.1 Å². The van der Waals surface area contributed by atoms with Gasteiger partial charge in [0.25, 0.3) is 6.43 Å². The van der Waals surface area contributed by atoms with Crippen molar-refractivity contribution in [1.82, 2.24) is 34.8 Å². The van der Waals surface area contributed by atoms with Crippen LogP contribution in [0.25, 0.3) is 33.3 Å². The Kier molecular flexibility index (Phi) is 4.98. The SMILES string of the molecule is CC(=O)N[C@]1(C)C[C@H](Nc2ncc3c(-c4cnc5nc(C)n(CC(F)F)c5c4)c[nH]c3n2)C1. The highest BCUT2D eigenvalue weighted by atomic mass is 19.3. The predicted molar refractivity (Wildman–Crippen MR) is 120 cm³/mol. The molecule has 4 heterocycles. The summed E-state index contributed by atoms with van der Waals surface area (Å²) in [4.78, 5) is 32.2. The average Bonchev–Trinajstić information content (AvgIpc) is 3.26. The van der Waals surface area contributed by atoms with Gasteiger partial charge in [-0.1, -0.05) is 0 Å². The second-order valence-corrected chi connectivity index (χ2v) is 8.88. The Bertz CT molecular complexity index is 1360. The van der Waals surface area contributed by atoms with Crippen molar-refractivity contribution >= 4 is 34.1 Å². The number of halogens is 2. The number of alkyl halides is 2. The van der Waals surface area contributed by atoms with Gasteiger partial charge in [-0.15, -0.1) is 0 Å². The van der Waals surface area contributed by atoms with E-state index in [0.29, 0.717) is 28.6 Å². The monoisotopic (exact) mass is 454 g/mol. The van der Waals surface area contributed by atoms with E-state index in [9.17, 15) is 13.6 Å². The molecular formula is C22H24F2N8O. The third-order valence-electron chi connectivity index (χ3n) is 6.06. The Hall–Kier alpha value is -3.63. The topological polar surface area (TPSA) is 113 Å². The normalized spacial score (nSPS) is 20.4. The largest absolute Gasteiger partial charge is 0.351 e. The van der Waals surface area contributed by atoms with Crippen LogP contribution in [0.15, 0.2) is 24.7 Å². The van der Waals surface area contributed by atoms with Crippen LogP contribution in [0.3, 0.4) is 0 Å². The van der Waals surface area contributed by atoms with Gasteiger partial charge in [0.1, 0.15) is 11.5 Å². The van der Waals surface area contributed by atoms with Crippen molar-refractivity contribution in [3.8, 4) is 11.1 Å². The average molecular weight is 454 g/mol. The van der Waals surface area contributed by atoms with Gasteiger partial charge in [-0.2, -0.15) is 4.98 Å². The molecule has 0 atom stereocenters. The van der Waals surface area contributed by atoms with E-state index < -0.39 is 13.0 Å². The maximum absolute atomic E-state index is 13.0. The molecule has 1 aliphatic rings. The number of amides is 1.